The summed E-state index contributed by atoms with van der Waals surface area (Å²) in [4.78, 5) is 11.9. The van der Waals surface area contributed by atoms with Gasteiger partial charge in [-0.25, -0.2) is 0 Å². The van der Waals surface area contributed by atoms with Crippen LogP contribution in [-0.4, -0.2) is 18.6 Å². The minimum atomic E-state index is -0.353. The van der Waals surface area contributed by atoms with E-state index >= 15 is 0 Å². The van der Waals surface area contributed by atoms with Gasteiger partial charge in [-0.15, -0.1) is 12.6 Å². The third-order valence-corrected chi connectivity index (χ3v) is 3.72. The fourth-order valence-electron chi connectivity index (χ4n) is 2.07. The van der Waals surface area contributed by atoms with Gasteiger partial charge in [-0.3, -0.25) is 4.79 Å². The molecular weight excluding hydrogens is 306 g/mol. The van der Waals surface area contributed by atoms with Crippen LogP contribution in [0.3, 0.4) is 0 Å². The summed E-state index contributed by atoms with van der Waals surface area (Å²) in [7, 11) is 0. The van der Waals surface area contributed by atoms with Crippen LogP contribution in [-0.2, 0) is 16.0 Å². The lowest BCUT2D eigenvalue weighted by Crippen LogP contribution is -2.23. The highest BCUT2D eigenvalue weighted by atomic mass is 32.1. The summed E-state index contributed by atoms with van der Waals surface area (Å²) in [6.45, 7) is 5.95. The molecule has 2 aromatic rings. The molecule has 124 valence electrons. The molecule has 0 saturated carbocycles. The van der Waals surface area contributed by atoms with Gasteiger partial charge in [0.15, 0.2) is 0 Å². The van der Waals surface area contributed by atoms with E-state index in [1.54, 1.807) is 0 Å². The van der Waals surface area contributed by atoms with Gasteiger partial charge in [0.2, 0.25) is 0 Å². The van der Waals surface area contributed by atoms with Crippen LogP contribution in [0.2, 0.25) is 0 Å². The maximum Gasteiger partial charge on any atom is 0.319 e. The van der Waals surface area contributed by atoms with Gasteiger partial charge in [-0.1, -0.05) is 48.0 Å². The molecule has 0 heterocycles. The SMILES string of the molecule is CC(Cc1ccccc1)OC(=O)CN.Cc1ccc(S)c(C)c1. The molecule has 0 spiro atoms. The minimum absolute atomic E-state index is 0.0564. The largest absolute Gasteiger partial charge is 0.461 e. The second-order valence-corrected chi connectivity index (χ2v) is 5.97. The molecule has 0 aliphatic heterocycles. The van der Waals surface area contributed by atoms with Crippen molar-refractivity contribution in [2.45, 2.75) is 38.2 Å². The lowest BCUT2D eigenvalue weighted by atomic mass is 10.1. The molecule has 2 aromatic carbocycles. The summed E-state index contributed by atoms with van der Waals surface area (Å²) in [5, 5.41) is 0. The number of benzene rings is 2. The lowest BCUT2D eigenvalue weighted by molar-refractivity contribution is -0.146. The first-order chi connectivity index (χ1) is 10.9. The second kappa shape index (κ2) is 10.1. The number of rotatable bonds is 4. The minimum Gasteiger partial charge on any atom is -0.461 e. The zero-order valence-electron chi connectivity index (χ0n) is 14.0. The number of hydrogen-bond donors (Lipinski definition) is 2. The van der Waals surface area contributed by atoms with Crippen molar-refractivity contribution in [3.63, 3.8) is 0 Å². The first-order valence-corrected chi connectivity index (χ1v) is 8.06. The van der Waals surface area contributed by atoms with Gasteiger partial charge in [0.05, 0.1) is 6.54 Å². The number of thiol groups is 1. The average molecular weight is 331 g/mol. The fourth-order valence-corrected chi connectivity index (χ4v) is 2.20. The number of aryl methyl sites for hydroxylation is 2. The Hall–Kier alpha value is -1.78. The van der Waals surface area contributed by atoms with Crippen molar-refractivity contribution >= 4 is 18.6 Å². The van der Waals surface area contributed by atoms with Crippen LogP contribution in [0.4, 0.5) is 0 Å². The molecule has 0 aromatic heterocycles. The fraction of sp³-hybridized carbons (Fsp3) is 0.316. The number of nitrogens with two attached hydrogens (primary N) is 1. The van der Waals surface area contributed by atoms with Gasteiger partial charge in [0.1, 0.15) is 6.10 Å². The molecule has 2 rings (SSSR count). The van der Waals surface area contributed by atoms with Crippen molar-refractivity contribution in [2.75, 3.05) is 6.54 Å². The molecular formula is C19H25NO2S. The van der Waals surface area contributed by atoms with Crippen molar-refractivity contribution < 1.29 is 9.53 Å². The zero-order valence-corrected chi connectivity index (χ0v) is 14.8. The van der Waals surface area contributed by atoms with Crippen LogP contribution in [0.1, 0.15) is 23.6 Å². The Morgan fingerprint density at radius 3 is 2.35 bits per heavy atom. The van der Waals surface area contributed by atoms with Gasteiger partial charge in [0, 0.05) is 11.3 Å². The summed E-state index contributed by atoms with van der Waals surface area (Å²) in [5.41, 5.74) is 8.84. The predicted molar refractivity (Wildman–Crippen MR) is 97.9 cm³/mol. The van der Waals surface area contributed by atoms with Crippen LogP contribution in [0, 0.1) is 13.8 Å². The maximum atomic E-state index is 10.9. The maximum absolute atomic E-state index is 10.9. The molecule has 0 amide bonds. The van der Waals surface area contributed by atoms with E-state index in [1.807, 2.05) is 43.3 Å². The Morgan fingerprint density at radius 1 is 1.17 bits per heavy atom. The zero-order chi connectivity index (χ0) is 17.2. The van der Waals surface area contributed by atoms with Crippen LogP contribution < -0.4 is 5.73 Å². The summed E-state index contributed by atoms with van der Waals surface area (Å²) in [6, 6.07) is 16.1. The normalized spacial score (nSPS) is 11.2. The van der Waals surface area contributed by atoms with E-state index in [0.29, 0.717) is 0 Å². The quantitative estimate of drug-likeness (QED) is 0.663. The second-order valence-electron chi connectivity index (χ2n) is 5.48. The Bertz CT molecular complexity index is 614. The lowest BCUT2D eigenvalue weighted by Gasteiger charge is -2.12. The highest BCUT2D eigenvalue weighted by Gasteiger charge is 2.07. The highest BCUT2D eigenvalue weighted by Crippen LogP contribution is 2.13. The first kappa shape index (κ1) is 19.3. The molecule has 0 fully saturated rings. The Balaban J connectivity index is 0.000000253. The smallest absolute Gasteiger partial charge is 0.319 e. The third-order valence-electron chi connectivity index (χ3n) is 3.22. The molecule has 3 nitrogen and oxygen atoms in total. The van der Waals surface area contributed by atoms with Crippen LogP contribution in [0.15, 0.2) is 53.4 Å². The van der Waals surface area contributed by atoms with Gasteiger partial charge >= 0.3 is 5.97 Å². The Kier molecular flexibility index (Phi) is 8.45. The van der Waals surface area contributed by atoms with E-state index in [2.05, 4.69) is 38.6 Å². The number of carbonyl (C=O) groups is 1. The monoisotopic (exact) mass is 331 g/mol. The van der Waals surface area contributed by atoms with Crippen molar-refractivity contribution in [1.29, 1.82) is 0 Å². The van der Waals surface area contributed by atoms with E-state index in [1.165, 1.54) is 11.1 Å². The van der Waals surface area contributed by atoms with Crippen LogP contribution in [0.5, 0.6) is 0 Å². The van der Waals surface area contributed by atoms with E-state index in [0.717, 1.165) is 16.9 Å². The Labute approximate surface area is 144 Å². The van der Waals surface area contributed by atoms with Gasteiger partial charge in [0.25, 0.3) is 0 Å². The highest BCUT2D eigenvalue weighted by molar-refractivity contribution is 7.80. The van der Waals surface area contributed by atoms with E-state index in [-0.39, 0.29) is 18.6 Å². The van der Waals surface area contributed by atoms with Crippen LogP contribution in [0.25, 0.3) is 0 Å². The van der Waals surface area contributed by atoms with E-state index in [9.17, 15) is 4.79 Å². The van der Waals surface area contributed by atoms with Gasteiger partial charge in [-0.2, -0.15) is 0 Å². The van der Waals surface area contributed by atoms with E-state index < -0.39 is 0 Å². The van der Waals surface area contributed by atoms with Crippen molar-refractivity contribution in [2.24, 2.45) is 5.73 Å². The van der Waals surface area contributed by atoms with E-state index in [4.69, 9.17) is 10.5 Å². The van der Waals surface area contributed by atoms with Crippen molar-refractivity contribution in [3.8, 4) is 0 Å². The number of esters is 1. The number of hydrogen-bond acceptors (Lipinski definition) is 4. The number of ether oxygens (including phenoxy) is 1. The summed E-state index contributed by atoms with van der Waals surface area (Å²) in [6.07, 6.45) is 0.612. The average Bonchev–Trinajstić information content (AvgIpc) is 2.52. The number of carbonyl (C=O) groups excluding carboxylic acids is 1. The molecule has 0 bridgehead atoms. The van der Waals surface area contributed by atoms with Crippen LogP contribution >= 0.6 is 12.6 Å². The first-order valence-electron chi connectivity index (χ1n) is 7.62. The summed E-state index contributed by atoms with van der Waals surface area (Å²) in [5.74, 6) is -0.353. The molecule has 1 atom stereocenters. The molecule has 1 unspecified atom stereocenters. The summed E-state index contributed by atoms with van der Waals surface area (Å²) < 4.78 is 5.04. The van der Waals surface area contributed by atoms with Gasteiger partial charge in [-0.05, 0) is 38.0 Å². The van der Waals surface area contributed by atoms with Gasteiger partial charge < -0.3 is 10.5 Å². The standard InChI is InChI=1S/C11H15NO2.C8H10S/c1-9(14-11(13)8-12)7-10-5-3-2-4-6-10;1-6-3-4-8(9)7(2)5-6/h2-6,9H,7-8,12H2,1H3;3-5,9H,1-2H3. The third kappa shape index (κ3) is 7.86. The topological polar surface area (TPSA) is 52.3 Å². The molecule has 0 aliphatic carbocycles. The van der Waals surface area contributed by atoms with Crippen molar-refractivity contribution in [3.05, 3.63) is 65.2 Å². The molecule has 0 aliphatic rings. The molecule has 4 heteroatoms. The molecule has 0 saturated heterocycles. The molecule has 2 N–H and O–H groups in total. The molecule has 23 heavy (non-hydrogen) atoms. The predicted octanol–water partition coefficient (Wildman–Crippen LogP) is 3.71. The summed E-state index contributed by atoms with van der Waals surface area (Å²) >= 11 is 4.25. The molecule has 0 radical (unpaired) electrons. The van der Waals surface area contributed by atoms with Crippen molar-refractivity contribution in [1.82, 2.24) is 0 Å². The Morgan fingerprint density at radius 2 is 1.83 bits per heavy atom.